The van der Waals surface area contributed by atoms with Crippen LogP contribution in [0.15, 0.2) is 18.8 Å². The minimum atomic E-state index is 0.378. The molecule has 3 rings (SSSR count). The van der Waals surface area contributed by atoms with Crippen LogP contribution in [0, 0.1) is 0 Å². The first-order valence-electron chi connectivity index (χ1n) is 5.73. The standard InChI is InChI=1S/C11H11Br2N3OS/c12-7-4-8(18-9(7)13)11-15-10(16-17-11)6-2-1-3-14-5-6/h4,6,14H,1-3,5H2. The van der Waals surface area contributed by atoms with Gasteiger partial charge in [0.05, 0.1) is 8.66 Å². The van der Waals surface area contributed by atoms with Crippen molar-refractivity contribution in [1.82, 2.24) is 15.5 Å². The molecule has 1 N–H and O–H groups in total. The zero-order chi connectivity index (χ0) is 12.5. The molecule has 1 saturated heterocycles. The molecule has 1 aliphatic rings. The number of rotatable bonds is 2. The molecular formula is C11H11Br2N3OS. The molecule has 18 heavy (non-hydrogen) atoms. The number of piperidine rings is 1. The number of nitrogens with one attached hydrogen (secondary N) is 1. The predicted octanol–water partition coefficient (Wildman–Crippen LogP) is 3.79. The van der Waals surface area contributed by atoms with Crippen molar-refractivity contribution in [2.24, 2.45) is 0 Å². The summed E-state index contributed by atoms with van der Waals surface area (Å²) in [5, 5.41) is 7.47. The van der Waals surface area contributed by atoms with Crippen molar-refractivity contribution in [3.63, 3.8) is 0 Å². The summed E-state index contributed by atoms with van der Waals surface area (Å²) in [6.45, 7) is 2.03. The molecule has 0 bridgehead atoms. The third-order valence-corrected chi connectivity index (χ3v) is 6.20. The van der Waals surface area contributed by atoms with Crippen molar-refractivity contribution >= 4 is 43.2 Å². The molecule has 3 heterocycles. The normalized spacial score (nSPS) is 20.2. The molecule has 0 aliphatic carbocycles. The van der Waals surface area contributed by atoms with E-state index < -0.39 is 0 Å². The van der Waals surface area contributed by atoms with Gasteiger partial charge in [0.1, 0.15) is 0 Å². The number of thiophene rings is 1. The van der Waals surface area contributed by atoms with Crippen LogP contribution in [0.25, 0.3) is 10.8 Å². The Morgan fingerprint density at radius 1 is 1.44 bits per heavy atom. The Morgan fingerprint density at radius 3 is 3.00 bits per heavy atom. The molecule has 1 unspecified atom stereocenters. The van der Waals surface area contributed by atoms with E-state index in [4.69, 9.17) is 4.52 Å². The number of hydrogen-bond acceptors (Lipinski definition) is 5. The van der Waals surface area contributed by atoms with E-state index in [-0.39, 0.29) is 0 Å². The lowest BCUT2D eigenvalue weighted by atomic mass is 9.99. The first-order valence-corrected chi connectivity index (χ1v) is 8.14. The zero-order valence-electron chi connectivity index (χ0n) is 9.45. The van der Waals surface area contributed by atoms with Gasteiger partial charge in [-0.1, -0.05) is 5.16 Å². The molecule has 2 aromatic rings. The van der Waals surface area contributed by atoms with E-state index in [0.29, 0.717) is 11.8 Å². The van der Waals surface area contributed by atoms with Crippen LogP contribution in [0.4, 0.5) is 0 Å². The van der Waals surface area contributed by atoms with Gasteiger partial charge in [-0.2, -0.15) is 4.98 Å². The van der Waals surface area contributed by atoms with Crippen LogP contribution in [0.1, 0.15) is 24.6 Å². The molecule has 2 aromatic heterocycles. The fourth-order valence-electron chi connectivity index (χ4n) is 2.02. The third-order valence-electron chi connectivity index (χ3n) is 2.96. The molecule has 1 aliphatic heterocycles. The SMILES string of the molecule is Brc1cc(-c2nc(C3CCCNC3)no2)sc1Br. The number of hydrogen-bond donors (Lipinski definition) is 1. The summed E-state index contributed by atoms with van der Waals surface area (Å²) in [4.78, 5) is 5.49. The highest BCUT2D eigenvalue weighted by Gasteiger charge is 2.22. The smallest absolute Gasteiger partial charge is 0.268 e. The highest BCUT2D eigenvalue weighted by Crippen LogP contribution is 2.37. The number of aromatic nitrogens is 2. The second-order valence-electron chi connectivity index (χ2n) is 4.23. The molecule has 1 fully saturated rings. The average molecular weight is 393 g/mol. The van der Waals surface area contributed by atoms with E-state index in [9.17, 15) is 0 Å². The molecule has 0 amide bonds. The van der Waals surface area contributed by atoms with E-state index in [0.717, 1.165) is 38.5 Å². The molecule has 0 radical (unpaired) electrons. The Labute approximate surface area is 125 Å². The zero-order valence-corrected chi connectivity index (χ0v) is 13.4. The van der Waals surface area contributed by atoms with E-state index in [2.05, 4.69) is 47.3 Å². The minimum Gasteiger partial charge on any atom is -0.333 e. The molecule has 4 nitrogen and oxygen atoms in total. The summed E-state index contributed by atoms with van der Waals surface area (Å²) in [5.74, 6) is 1.80. The molecule has 96 valence electrons. The molecule has 1 atom stereocenters. The van der Waals surface area contributed by atoms with Gasteiger partial charge in [0.2, 0.25) is 0 Å². The van der Waals surface area contributed by atoms with E-state index >= 15 is 0 Å². The summed E-state index contributed by atoms with van der Waals surface area (Å²) in [7, 11) is 0. The van der Waals surface area contributed by atoms with E-state index in [1.54, 1.807) is 11.3 Å². The van der Waals surface area contributed by atoms with Crippen LogP contribution in [0.5, 0.6) is 0 Å². The van der Waals surface area contributed by atoms with Gasteiger partial charge in [0.25, 0.3) is 5.89 Å². The van der Waals surface area contributed by atoms with Gasteiger partial charge in [0, 0.05) is 16.9 Å². The Morgan fingerprint density at radius 2 is 2.33 bits per heavy atom. The summed E-state index contributed by atoms with van der Waals surface area (Å²) < 4.78 is 7.41. The van der Waals surface area contributed by atoms with Crippen LogP contribution in [0.3, 0.4) is 0 Å². The van der Waals surface area contributed by atoms with Gasteiger partial charge >= 0.3 is 0 Å². The van der Waals surface area contributed by atoms with Crippen molar-refractivity contribution in [2.45, 2.75) is 18.8 Å². The Hall–Kier alpha value is -0.240. The van der Waals surface area contributed by atoms with Gasteiger partial charge in [-0.15, -0.1) is 11.3 Å². The van der Waals surface area contributed by atoms with E-state index in [1.807, 2.05) is 6.07 Å². The molecule has 0 aromatic carbocycles. The van der Waals surface area contributed by atoms with Gasteiger partial charge in [-0.25, -0.2) is 0 Å². The van der Waals surface area contributed by atoms with Crippen molar-refractivity contribution in [1.29, 1.82) is 0 Å². The first kappa shape index (κ1) is 12.8. The van der Waals surface area contributed by atoms with Crippen LogP contribution >= 0.6 is 43.2 Å². The monoisotopic (exact) mass is 391 g/mol. The second-order valence-corrected chi connectivity index (χ2v) is 7.46. The van der Waals surface area contributed by atoms with Crippen LogP contribution in [-0.2, 0) is 0 Å². The maximum Gasteiger partial charge on any atom is 0.268 e. The fraction of sp³-hybridized carbons (Fsp3) is 0.455. The summed E-state index contributed by atoms with van der Waals surface area (Å²) in [6.07, 6.45) is 2.30. The molecular weight excluding hydrogens is 382 g/mol. The fourth-order valence-corrected chi connectivity index (χ4v) is 3.98. The van der Waals surface area contributed by atoms with Crippen LogP contribution in [0.2, 0.25) is 0 Å². The van der Waals surface area contributed by atoms with Crippen LogP contribution in [-0.4, -0.2) is 23.2 Å². The van der Waals surface area contributed by atoms with Crippen molar-refractivity contribution in [3.05, 3.63) is 20.1 Å². The van der Waals surface area contributed by atoms with E-state index in [1.165, 1.54) is 6.42 Å². The second kappa shape index (κ2) is 5.40. The highest BCUT2D eigenvalue weighted by molar-refractivity contribution is 9.13. The summed E-state index contributed by atoms with van der Waals surface area (Å²) in [6, 6.07) is 1.99. The van der Waals surface area contributed by atoms with Gasteiger partial charge < -0.3 is 9.84 Å². The largest absolute Gasteiger partial charge is 0.333 e. The predicted molar refractivity (Wildman–Crippen MR) is 77.9 cm³/mol. The topological polar surface area (TPSA) is 51.0 Å². The Balaban J connectivity index is 1.84. The summed E-state index contributed by atoms with van der Waals surface area (Å²) in [5.41, 5.74) is 0. The number of halogens is 2. The highest BCUT2D eigenvalue weighted by atomic mass is 79.9. The van der Waals surface area contributed by atoms with Crippen LogP contribution < -0.4 is 5.32 Å². The van der Waals surface area contributed by atoms with Crippen molar-refractivity contribution in [3.8, 4) is 10.8 Å². The van der Waals surface area contributed by atoms with Crippen molar-refractivity contribution < 1.29 is 4.52 Å². The molecule has 0 saturated carbocycles. The van der Waals surface area contributed by atoms with Gasteiger partial charge in [-0.05, 0) is 57.3 Å². The summed E-state index contributed by atoms with van der Waals surface area (Å²) >= 11 is 8.51. The lowest BCUT2D eigenvalue weighted by molar-refractivity contribution is 0.393. The number of nitrogens with zero attached hydrogens (tertiary/aromatic N) is 2. The lowest BCUT2D eigenvalue weighted by Crippen LogP contribution is -2.28. The first-order chi connectivity index (χ1) is 8.74. The minimum absolute atomic E-state index is 0.378. The molecule has 0 spiro atoms. The average Bonchev–Trinajstić information content (AvgIpc) is 2.99. The van der Waals surface area contributed by atoms with Gasteiger partial charge in [-0.3, -0.25) is 0 Å². The Kier molecular flexibility index (Phi) is 3.83. The lowest BCUT2D eigenvalue weighted by Gasteiger charge is -2.19. The quantitative estimate of drug-likeness (QED) is 0.844. The third kappa shape index (κ3) is 2.54. The Bertz CT molecular complexity index is 529. The van der Waals surface area contributed by atoms with Crippen molar-refractivity contribution in [2.75, 3.05) is 13.1 Å². The van der Waals surface area contributed by atoms with Gasteiger partial charge in [0.15, 0.2) is 5.82 Å². The molecule has 7 heteroatoms. The maximum absolute atomic E-state index is 5.35. The maximum atomic E-state index is 5.35.